The first kappa shape index (κ1) is 21.1. The number of rotatable bonds is 4. The van der Waals surface area contributed by atoms with Crippen LogP contribution in [-0.4, -0.2) is 57.0 Å². The van der Waals surface area contributed by atoms with Gasteiger partial charge in [0.15, 0.2) is 11.1 Å². The molecule has 29 heavy (non-hydrogen) atoms. The van der Waals surface area contributed by atoms with Crippen LogP contribution < -0.4 is 5.32 Å². The van der Waals surface area contributed by atoms with E-state index in [2.05, 4.69) is 5.32 Å². The number of carboxylic acid groups (broad SMARTS) is 1. The Kier molecular flexibility index (Phi) is 5.34. The fraction of sp³-hybridized carbons (Fsp3) is 0.571. The number of hydrogen-bond acceptors (Lipinski definition) is 5. The molecule has 3 rings (SSSR count). The van der Waals surface area contributed by atoms with Crippen molar-refractivity contribution in [1.82, 2.24) is 10.2 Å². The third-order valence-electron chi connectivity index (χ3n) is 5.57. The summed E-state index contributed by atoms with van der Waals surface area (Å²) in [5.74, 6) is -1.89. The molecule has 3 N–H and O–H groups in total. The lowest BCUT2D eigenvalue weighted by Crippen LogP contribution is -2.63. The van der Waals surface area contributed by atoms with Crippen molar-refractivity contribution < 1.29 is 29.3 Å². The van der Waals surface area contributed by atoms with Gasteiger partial charge in [-0.05, 0) is 45.6 Å². The maximum atomic E-state index is 13.2. The zero-order valence-corrected chi connectivity index (χ0v) is 17.0. The summed E-state index contributed by atoms with van der Waals surface area (Å²) >= 11 is 0. The zero-order valence-electron chi connectivity index (χ0n) is 17.0. The van der Waals surface area contributed by atoms with E-state index in [-0.39, 0.29) is 19.4 Å². The summed E-state index contributed by atoms with van der Waals surface area (Å²) in [7, 11) is 0. The molecule has 0 bridgehead atoms. The van der Waals surface area contributed by atoms with Gasteiger partial charge in [0.05, 0.1) is 6.04 Å². The molecule has 2 aliphatic heterocycles. The molecule has 0 saturated carbocycles. The Labute approximate surface area is 169 Å². The zero-order chi connectivity index (χ0) is 21.4. The van der Waals surface area contributed by atoms with Crippen molar-refractivity contribution in [2.75, 3.05) is 6.54 Å². The van der Waals surface area contributed by atoms with Crippen molar-refractivity contribution in [1.29, 1.82) is 0 Å². The van der Waals surface area contributed by atoms with Crippen LogP contribution in [0.3, 0.4) is 0 Å². The van der Waals surface area contributed by atoms with Gasteiger partial charge >= 0.3 is 12.1 Å². The molecule has 0 spiro atoms. The van der Waals surface area contributed by atoms with Crippen molar-refractivity contribution in [2.45, 2.75) is 63.8 Å². The average molecular weight is 404 g/mol. The average Bonchev–Trinajstić information content (AvgIpc) is 2.84. The number of carbonyl (C=O) groups is 3. The Hall–Kier alpha value is -2.61. The number of fused-ring (bicyclic) bond motifs is 1. The Bertz CT molecular complexity index is 805. The van der Waals surface area contributed by atoms with Gasteiger partial charge in [-0.25, -0.2) is 4.79 Å². The molecule has 1 aromatic rings. The lowest BCUT2D eigenvalue weighted by atomic mass is 9.76. The molecular formula is C21H28N2O6. The highest BCUT2D eigenvalue weighted by Crippen LogP contribution is 2.48. The Morgan fingerprint density at radius 1 is 1.28 bits per heavy atom. The number of aliphatic carboxylic acids is 1. The van der Waals surface area contributed by atoms with Crippen molar-refractivity contribution in [3.8, 4) is 0 Å². The molecule has 0 radical (unpaired) electrons. The van der Waals surface area contributed by atoms with Crippen LogP contribution in [0, 0.1) is 5.41 Å². The SMILES string of the molecule is CC(C)(C)OC(=O)NC1CCCN2C(=O)C(Cc3ccccc3)(C(=O)O)CC12O. The minimum atomic E-state index is -1.78. The minimum absolute atomic E-state index is 0.0278. The van der Waals surface area contributed by atoms with E-state index in [1.54, 1.807) is 45.0 Å². The maximum absolute atomic E-state index is 13.2. The number of carboxylic acids is 1. The molecule has 3 unspecified atom stereocenters. The summed E-state index contributed by atoms with van der Waals surface area (Å²) in [6.07, 6.45) is -0.0827. The second-order valence-corrected chi connectivity index (χ2v) is 8.90. The van der Waals surface area contributed by atoms with Gasteiger partial charge in [-0.3, -0.25) is 9.59 Å². The molecule has 2 fully saturated rings. The molecule has 1 aromatic carbocycles. The van der Waals surface area contributed by atoms with Crippen molar-refractivity contribution in [2.24, 2.45) is 5.41 Å². The number of aliphatic hydroxyl groups is 1. The molecule has 8 heteroatoms. The van der Waals surface area contributed by atoms with Crippen LogP contribution in [0.25, 0.3) is 0 Å². The van der Waals surface area contributed by atoms with Gasteiger partial charge in [0, 0.05) is 13.0 Å². The lowest BCUT2D eigenvalue weighted by molar-refractivity contribution is -0.161. The largest absolute Gasteiger partial charge is 0.480 e. The predicted octanol–water partition coefficient (Wildman–Crippen LogP) is 1.91. The molecule has 3 atom stereocenters. The van der Waals surface area contributed by atoms with Crippen molar-refractivity contribution >= 4 is 18.0 Å². The van der Waals surface area contributed by atoms with Crippen LogP contribution >= 0.6 is 0 Å². The Morgan fingerprint density at radius 2 is 1.93 bits per heavy atom. The molecule has 8 nitrogen and oxygen atoms in total. The smallest absolute Gasteiger partial charge is 0.408 e. The summed E-state index contributed by atoms with van der Waals surface area (Å²) < 4.78 is 5.27. The second kappa shape index (κ2) is 7.33. The van der Waals surface area contributed by atoms with E-state index < -0.39 is 40.8 Å². The van der Waals surface area contributed by atoms with Crippen molar-refractivity contribution in [3.05, 3.63) is 35.9 Å². The summed E-state index contributed by atoms with van der Waals surface area (Å²) in [4.78, 5) is 39.0. The van der Waals surface area contributed by atoms with E-state index >= 15 is 0 Å². The molecule has 2 heterocycles. The summed E-state index contributed by atoms with van der Waals surface area (Å²) in [6, 6.07) is 8.07. The van der Waals surface area contributed by atoms with Gasteiger partial charge in [0.1, 0.15) is 5.60 Å². The predicted molar refractivity (Wildman–Crippen MR) is 104 cm³/mol. The molecule has 2 saturated heterocycles. The highest BCUT2D eigenvalue weighted by Gasteiger charge is 2.66. The second-order valence-electron chi connectivity index (χ2n) is 8.90. The normalized spacial score (nSPS) is 29.3. The van der Waals surface area contributed by atoms with Crippen LogP contribution in [0.1, 0.15) is 45.6 Å². The van der Waals surface area contributed by atoms with Gasteiger partial charge in [-0.2, -0.15) is 0 Å². The highest BCUT2D eigenvalue weighted by atomic mass is 16.6. The lowest BCUT2D eigenvalue weighted by Gasteiger charge is -2.44. The van der Waals surface area contributed by atoms with Gasteiger partial charge in [-0.15, -0.1) is 0 Å². The van der Waals surface area contributed by atoms with E-state index in [9.17, 15) is 24.6 Å². The molecule has 0 aliphatic carbocycles. The van der Waals surface area contributed by atoms with E-state index in [0.29, 0.717) is 18.4 Å². The number of benzene rings is 1. The molecule has 2 aliphatic rings. The van der Waals surface area contributed by atoms with Crippen LogP contribution in [0.15, 0.2) is 30.3 Å². The van der Waals surface area contributed by atoms with Gasteiger partial charge in [-0.1, -0.05) is 30.3 Å². The first-order chi connectivity index (χ1) is 13.5. The third kappa shape index (κ3) is 3.94. The Balaban J connectivity index is 1.90. The van der Waals surface area contributed by atoms with E-state index in [1.165, 1.54) is 4.90 Å². The quantitative estimate of drug-likeness (QED) is 0.660. The number of alkyl carbamates (subject to hydrolysis) is 1. The minimum Gasteiger partial charge on any atom is -0.480 e. The summed E-state index contributed by atoms with van der Waals surface area (Å²) in [6.45, 7) is 5.42. The molecular weight excluding hydrogens is 376 g/mol. The van der Waals surface area contributed by atoms with Gasteiger partial charge < -0.3 is 25.2 Å². The highest BCUT2D eigenvalue weighted by molar-refractivity contribution is 6.04. The van der Waals surface area contributed by atoms with E-state index in [0.717, 1.165) is 0 Å². The van der Waals surface area contributed by atoms with Crippen LogP contribution in [-0.2, 0) is 20.7 Å². The van der Waals surface area contributed by atoms with Crippen molar-refractivity contribution in [3.63, 3.8) is 0 Å². The fourth-order valence-corrected chi connectivity index (χ4v) is 4.30. The number of nitrogens with one attached hydrogen (secondary N) is 1. The standard InChI is InChI=1S/C21H28N2O6/c1-19(2,3)29-18(27)22-15-10-7-11-23-16(24)20(17(25)26,13-21(15,23)28)12-14-8-5-4-6-9-14/h4-6,8-9,15,28H,7,10-13H2,1-3H3,(H,22,27)(H,25,26). The van der Waals surface area contributed by atoms with E-state index in [4.69, 9.17) is 4.74 Å². The Morgan fingerprint density at radius 3 is 2.52 bits per heavy atom. The molecule has 0 aromatic heterocycles. The molecule has 2 amide bonds. The number of piperidine rings is 1. The number of ether oxygens (including phenoxy) is 1. The van der Waals surface area contributed by atoms with E-state index in [1.807, 2.05) is 6.07 Å². The van der Waals surface area contributed by atoms with Gasteiger partial charge in [0.2, 0.25) is 5.91 Å². The molecule has 158 valence electrons. The topological polar surface area (TPSA) is 116 Å². The third-order valence-corrected chi connectivity index (χ3v) is 5.57. The first-order valence-corrected chi connectivity index (χ1v) is 9.79. The monoisotopic (exact) mass is 404 g/mol. The number of amides is 2. The number of hydrogen-bond donors (Lipinski definition) is 3. The summed E-state index contributed by atoms with van der Waals surface area (Å²) in [5, 5.41) is 24.1. The summed E-state index contributed by atoms with van der Waals surface area (Å²) in [5.41, 5.74) is -3.58. The van der Waals surface area contributed by atoms with Crippen LogP contribution in [0.4, 0.5) is 4.79 Å². The fourth-order valence-electron chi connectivity index (χ4n) is 4.30. The number of nitrogens with zero attached hydrogens (tertiary/aromatic N) is 1. The van der Waals surface area contributed by atoms with Gasteiger partial charge in [0.25, 0.3) is 0 Å². The maximum Gasteiger partial charge on any atom is 0.408 e. The van der Waals surface area contributed by atoms with Crippen LogP contribution in [0.5, 0.6) is 0 Å². The first-order valence-electron chi connectivity index (χ1n) is 9.79. The number of carbonyl (C=O) groups excluding carboxylic acids is 2. The van der Waals surface area contributed by atoms with Crippen LogP contribution in [0.2, 0.25) is 0 Å².